The van der Waals surface area contributed by atoms with Crippen LogP contribution in [0.15, 0.2) is 4.52 Å². The zero-order valence-electron chi connectivity index (χ0n) is 12.5. The number of aromatic nitrogens is 1. The summed E-state index contributed by atoms with van der Waals surface area (Å²) in [6.45, 7) is 9.51. The minimum Gasteiger partial charge on any atom is -0.361 e. The SMILES string of the molecule is CCN[C@H](C)CNC(=O)CSCc1c(C)noc1C.Cl. The molecule has 7 heteroatoms. The summed E-state index contributed by atoms with van der Waals surface area (Å²) in [7, 11) is 0. The first-order valence-corrected chi connectivity index (χ1v) is 7.69. The van der Waals surface area contributed by atoms with Crippen LogP contribution in [0.1, 0.15) is 30.9 Å². The van der Waals surface area contributed by atoms with E-state index in [1.165, 1.54) is 0 Å². The van der Waals surface area contributed by atoms with E-state index in [4.69, 9.17) is 4.52 Å². The second-order valence-electron chi connectivity index (χ2n) is 4.56. The summed E-state index contributed by atoms with van der Waals surface area (Å²) in [5, 5.41) is 10.1. The van der Waals surface area contributed by atoms with Gasteiger partial charge in [0.1, 0.15) is 5.76 Å². The fraction of sp³-hybridized carbons (Fsp3) is 0.692. The summed E-state index contributed by atoms with van der Waals surface area (Å²) in [6, 6.07) is 0.307. The monoisotopic (exact) mass is 321 g/mol. The summed E-state index contributed by atoms with van der Waals surface area (Å²) in [5.74, 6) is 2.13. The number of nitrogens with one attached hydrogen (secondary N) is 2. The Hall–Kier alpha value is -0.720. The Kier molecular flexibility index (Phi) is 9.71. The van der Waals surface area contributed by atoms with E-state index in [9.17, 15) is 4.79 Å². The molecule has 5 nitrogen and oxygen atoms in total. The number of rotatable bonds is 8. The van der Waals surface area contributed by atoms with E-state index >= 15 is 0 Å². The van der Waals surface area contributed by atoms with Crippen LogP contribution < -0.4 is 10.6 Å². The molecule has 0 aromatic carbocycles. The van der Waals surface area contributed by atoms with Crippen LogP contribution in [0.3, 0.4) is 0 Å². The van der Waals surface area contributed by atoms with Crippen LogP contribution in [-0.2, 0) is 10.5 Å². The minimum atomic E-state index is 0. The summed E-state index contributed by atoms with van der Waals surface area (Å²) in [4.78, 5) is 11.7. The Morgan fingerprint density at radius 2 is 2.15 bits per heavy atom. The third kappa shape index (κ3) is 6.63. The number of thioether (sulfide) groups is 1. The largest absolute Gasteiger partial charge is 0.361 e. The maximum absolute atomic E-state index is 11.7. The van der Waals surface area contributed by atoms with E-state index < -0.39 is 0 Å². The van der Waals surface area contributed by atoms with Crippen molar-refractivity contribution in [2.24, 2.45) is 0 Å². The number of hydrogen-bond acceptors (Lipinski definition) is 5. The van der Waals surface area contributed by atoms with Crippen molar-refractivity contribution in [1.82, 2.24) is 15.8 Å². The summed E-state index contributed by atoms with van der Waals surface area (Å²) < 4.78 is 5.09. The van der Waals surface area contributed by atoms with Crippen LogP contribution in [-0.4, -0.2) is 35.9 Å². The predicted octanol–water partition coefficient (Wildman–Crippen LogP) is 2.06. The second-order valence-corrected chi connectivity index (χ2v) is 5.54. The molecule has 0 saturated carbocycles. The number of carbonyl (C=O) groups excluding carboxylic acids is 1. The van der Waals surface area contributed by atoms with Gasteiger partial charge in [0.05, 0.1) is 11.4 Å². The highest BCUT2D eigenvalue weighted by atomic mass is 35.5. The lowest BCUT2D eigenvalue weighted by Crippen LogP contribution is -2.39. The third-order valence-corrected chi connectivity index (χ3v) is 3.78. The first-order chi connectivity index (χ1) is 9.04. The molecule has 0 aliphatic rings. The van der Waals surface area contributed by atoms with Gasteiger partial charge in [-0.15, -0.1) is 24.2 Å². The first-order valence-electron chi connectivity index (χ1n) is 6.54. The number of carbonyl (C=O) groups is 1. The van der Waals surface area contributed by atoms with Gasteiger partial charge >= 0.3 is 0 Å². The molecule has 0 bridgehead atoms. The zero-order valence-corrected chi connectivity index (χ0v) is 14.1. The third-order valence-electron chi connectivity index (χ3n) is 2.82. The molecule has 20 heavy (non-hydrogen) atoms. The molecule has 2 N–H and O–H groups in total. The van der Waals surface area contributed by atoms with Crippen molar-refractivity contribution >= 4 is 30.1 Å². The van der Waals surface area contributed by atoms with E-state index in [1.807, 2.05) is 13.8 Å². The maximum atomic E-state index is 11.7. The lowest BCUT2D eigenvalue weighted by molar-refractivity contribution is -0.118. The molecule has 1 atom stereocenters. The Morgan fingerprint density at radius 1 is 1.45 bits per heavy atom. The molecule has 0 fully saturated rings. The Morgan fingerprint density at radius 3 is 2.70 bits per heavy atom. The average molecular weight is 322 g/mol. The summed E-state index contributed by atoms with van der Waals surface area (Å²) >= 11 is 1.58. The maximum Gasteiger partial charge on any atom is 0.230 e. The molecule has 0 aliphatic heterocycles. The molecule has 0 aliphatic carbocycles. The number of amides is 1. The molecule has 1 amide bonds. The highest BCUT2D eigenvalue weighted by Gasteiger charge is 2.10. The van der Waals surface area contributed by atoms with Gasteiger partial charge in [0.2, 0.25) is 5.91 Å². The van der Waals surface area contributed by atoms with E-state index in [-0.39, 0.29) is 18.3 Å². The Bertz CT molecular complexity index is 393. The van der Waals surface area contributed by atoms with E-state index in [0.29, 0.717) is 18.3 Å². The second kappa shape index (κ2) is 10.1. The molecule has 0 radical (unpaired) electrons. The van der Waals surface area contributed by atoms with Gasteiger partial charge in [-0.05, 0) is 27.3 Å². The number of nitrogens with zero attached hydrogens (tertiary/aromatic N) is 1. The molecular formula is C13H24ClN3O2S. The highest BCUT2D eigenvalue weighted by molar-refractivity contribution is 7.99. The van der Waals surface area contributed by atoms with Gasteiger partial charge in [-0.2, -0.15) is 0 Å². The standard InChI is InChI=1S/C13H23N3O2S.ClH/c1-5-14-9(2)6-15-13(17)8-19-7-12-10(3)16-18-11(12)4;/h9,14H,5-8H2,1-4H3,(H,15,17);1H/t9-;/m1./s1. The van der Waals surface area contributed by atoms with Crippen molar-refractivity contribution in [3.8, 4) is 0 Å². The molecule has 1 rings (SSSR count). The fourth-order valence-corrected chi connectivity index (χ4v) is 2.70. The van der Waals surface area contributed by atoms with Crippen molar-refractivity contribution < 1.29 is 9.32 Å². The van der Waals surface area contributed by atoms with E-state index in [2.05, 4.69) is 29.6 Å². The molecule has 1 aromatic heterocycles. The van der Waals surface area contributed by atoms with Crippen molar-refractivity contribution in [3.63, 3.8) is 0 Å². The van der Waals surface area contributed by atoms with Crippen LogP contribution in [0, 0.1) is 13.8 Å². The van der Waals surface area contributed by atoms with Gasteiger partial charge in [0, 0.05) is 23.9 Å². The van der Waals surface area contributed by atoms with E-state index in [1.54, 1.807) is 11.8 Å². The van der Waals surface area contributed by atoms with Crippen LogP contribution in [0.25, 0.3) is 0 Å². The van der Waals surface area contributed by atoms with Gasteiger partial charge in [-0.3, -0.25) is 4.79 Å². The smallest absolute Gasteiger partial charge is 0.230 e. The summed E-state index contributed by atoms with van der Waals surface area (Å²) in [6.07, 6.45) is 0. The van der Waals surface area contributed by atoms with Crippen LogP contribution >= 0.6 is 24.2 Å². The Labute approximate surface area is 131 Å². The first kappa shape index (κ1) is 19.3. The molecular weight excluding hydrogens is 298 g/mol. The lowest BCUT2D eigenvalue weighted by atomic mass is 10.2. The van der Waals surface area contributed by atoms with Gasteiger partial charge in [0.15, 0.2) is 0 Å². The minimum absolute atomic E-state index is 0. The van der Waals surface area contributed by atoms with Gasteiger partial charge in [0.25, 0.3) is 0 Å². The normalized spacial score (nSPS) is 11.8. The molecule has 1 aromatic rings. The van der Waals surface area contributed by atoms with Crippen LogP contribution in [0.5, 0.6) is 0 Å². The van der Waals surface area contributed by atoms with Crippen molar-refractivity contribution in [1.29, 1.82) is 0 Å². The van der Waals surface area contributed by atoms with Crippen molar-refractivity contribution in [2.75, 3.05) is 18.8 Å². The molecule has 0 unspecified atom stereocenters. The topological polar surface area (TPSA) is 67.2 Å². The number of likely N-dealkylation sites (N-methyl/N-ethyl adjacent to an activating group) is 1. The van der Waals surface area contributed by atoms with Crippen LogP contribution in [0.2, 0.25) is 0 Å². The molecule has 1 heterocycles. The number of aryl methyl sites for hydroxylation is 2. The van der Waals surface area contributed by atoms with E-state index in [0.717, 1.165) is 29.3 Å². The Balaban J connectivity index is 0.00000361. The fourth-order valence-electron chi connectivity index (χ4n) is 1.69. The molecule has 0 spiro atoms. The van der Waals surface area contributed by atoms with Gasteiger partial charge in [-0.1, -0.05) is 12.1 Å². The number of halogens is 1. The van der Waals surface area contributed by atoms with Gasteiger partial charge in [-0.25, -0.2) is 0 Å². The van der Waals surface area contributed by atoms with Crippen LogP contribution in [0.4, 0.5) is 0 Å². The molecule has 116 valence electrons. The lowest BCUT2D eigenvalue weighted by Gasteiger charge is -2.12. The van der Waals surface area contributed by atoms with Crippen molar-refractivity contribution in [2.45, 2.75) is 39.5 Å². The van der Waals surface area contributed by atoms with Crippen molar-refractivity contribution in [3.05, 3.63) is 17.0 Å². The summed E-state index contributed by atoms with van der Waals surface area (Å²) in [5.41, 5.74) is 2.00. The zero-order chi connectivity index (χ0) is 14.3. The molecule has 0 saturated heterocycles. The number of hydrogen-bond donors (Lipinski definition) is 2. The quantitative estimate of drug-likeness (QED) is 0.767. The van der Waals surface area contributed by atoms with Gasteiger partial charge < -0.3 is 15.2 Å². The average Bonchev–Trinajstić information content (AvgIpc) is 2.68. The highest BCUT2D eigenvalue weighted by Crippen LogP contribution is 2.19. The predicted molar refractivity (Wildman–Crippen MR) is 85.5 cm³/mol.